The molecule has 136 valence electrons. The third kappa shape index (κ3) is 3.49. The minimum atomic E-state index is -0.0884. The van der Waals surface area contributed by atoms with Crippen molar-refractivity contribution in [3.63, 3.8) is 0 Å². The lowest BCUT2D eigenvalue weighted by Gasteiger charge is -2.31. The Bertz CT molecular complexity index is 802. The smallest absolute Gasteiger partial charge is 0.270 e. The van der Waals surface area contributed by atoms with Crippen LogP contribution in [0.5, 0.6) is 0 Å². The van der Waals surface area contributed by atoms with Gasteiger partial charge in [0.2, 0.25) is 5.91 Å². The van der Waals surface area contributed by atoms with Crippen LogP contribution in [-0.2, 0) is 4.79 Å². The van der Waals surface area contributed by atoms with Gasteiger partial charge >= 0.3 is 0 Å². The van der Waals surface area contributed by atoms with Gasteiger partial charge in [-0.3, -0.25) is 9.59 Å². The molecule has 1 saturated heterocycles. The maximum absolute atomic E-state index is 12.9. The molecule has 6 heteroatoms. The van der Waals surface area contributed by atoms with E-state index in [1.807, 2.05) is 41.3 Å². The summed E-state index contributed by atoms with van der Waals surface area (Å²) < 4.78 is 1.76. The van der Waals surface area contributed by atoms with Gasteiger partial charge in [0.05, 0.1) is 11.4 Å². The minimum absolute atomic E-state index is 0.0884. The molecule has 26 heavy (non-hydrogen) atoms. The second-order valence-corrected chi connectivity index (χ2v) is 7.23. The number of rotatable bonds is 4. The van der Waals surface area contributed by atoms with Gasteiger partial charge in [0.15, 0.2) is 0 Å². The van der Waals surface area contributed by atoms with Crippen molar-refractivity contribution in [1.29, 1.82) is 0 Å². The highest BCUT2D eigenvalue weighted by molar-refractivity contribution is 5.93. The van der Waals surface area contributed by atoms with Crippen LogP contribution in [0.15, 0.2) is 36.4 Å². The van der Waals surface area contributed by atoms with Gasteiger partial charge in [-0.1, -0.05) is 18.2 Å². The molecule has 1 aromatic carbocycles. The number of piperidine rings is 1. The van der Waals surface area contributed by atoms with E-state index < -0.39 is 0 Å². The second kappa shape index (κ2) is 6.94. The molecule has 2 aliphatic rings. The van der Waals surface area contributed by atoms with E-state index in [1.165, 1.54) is 0 Å². The molecule has 2 heterocycles. The number of nitrogens with zero attached hydrogens (tertiary/aromatic N) is 3. The van der Waals surface area contributed by atoms with E-state index in [2.05, 4.69) is 5.32 Å². The number of aromatic nitrogens is 2. The third-order valence-corrected chi connectivity index (χ3v) is 5.23. The number of amides is 2. The van der Waals surface area contributed by atoms with Crippen LogP contribution in [0.3, 0.4) is 0 Å². The topological polar surface area (TPSA) is 67.2 Å². The number of hydrogen-bond donors (Lipinski definition) is 1. The fourth-order valence-electron chi connectivity index (χ4n) is 3.50. The molecule has 2 fully saturated rings. The van der Waals surface area contributed by atoms with Gasteiger partial charge in [0.25, 0.3) is 5.91 Å². The summed E-state index contributed by atoms with van der Waals surface area (Å²) in [6, 6.07) is 11.8. The van der Waals surface area contributed by atoms with Crippen molar-refractivity contribution in [1.82, 2.24) is 20.0 Å². The number of likely N-dealkylation sites (tertiary alicyclic amines) is 1. The number of carbonyl (C=O) groups is 2. The maximum atomic E-state index is 12.9. The van der Waals surface area contributed by atoms with Crippen molar-refractivity contribution in [2.45, 2.75) is 44.6 Å². The average molecular weight is 352 g/mol. The lowest BCUT2D eigenvalue weighted by molar-refractivity contribution is -0.129. The predicted octanol–water partition coefficient (Wildman–Crippen LogP) is 2.49. The highest BCUT2D eigenvalue weighted by atomic mass is 16.2. The summed E-state index contributed by atoms with van der Waals surface area (Å²) in [5.74, 6) is 0.505. The zero-order valence-electron chi connectivity index (χ0n) is 15.0. The van der Waals surface area contributed by atoms with Crippen LogP contribution in [0.2, 0.25) is 0 Å². The first kappa shape index (κ1) is 16.8. The van der Waals surface area contributed by atoms with E-state index in [1.54, 1.807) is 11.6 Å². The summed E-state index contributed by atoms with van der Waals surface area (Å²) in [7, 11) is 0. The fraction of sp³-hybridized carbons (Fsp3) is 0.450. The Balaban J connectivity index is 1.51. The Hall–Kier alpha value is -2.63. The highest BCUT2D eigenvalue weighted by Gasteiger charge is 2.30. The molecule has 1 aromatic heterocycles. The van der Waals surface area contributed by atoms with Crippen LogP contribution < -0.4 is 5.32 Å². The zero-order valence-corrected chi connectivity index (χ0v) is 15.0. The van der Waals surface area contributed by atoms with Crippen molar-refractivity contribution in [2.75, 3.05) is 13.1 Å². The molecule has 2 aromatic rings. The number of benzene rings is 1. The van der Waals surface area contributed by atoms with E-state index in [0.29, 0.717) is 24.7 Å². The van der Waals surface area contributed by atoms with Crippen LogP contribution in [0, 0.1) is 0 Å². The molecule has 1 N–H and O–H groups in total. The first-order valence-electron chi connectivity index (χ1n) is 9.33. The van der Waals surface area contributed by atoms with Gasteiger partial charge in [-0.05, 0) is 43.9 Å². The quantitative estimate of drug-likeness (QED) is 0.919. The van der Waals surface area contributed by atoms with Crippen molar-refractivity contribution < 1.29 is 9.59 Å². The Morgan fingerprint density at radius 3 is 2.38 bits per heavy atom. The van der Waals surface area contributed by atoms with E-state index in [9.17, 15) is 9.59 Å². The van der Waals surface area contributed by atoms with E-state index in [0.717, 1.165) is 37.1 Å². The summed E-state index contributed by atoms with van der Waals surface area (Å²) in [4.78, 5) is 26.2. The zero-order chi connectivity index (χ0) is 18.1. The molecular formula is C20H24N4O2. The SMILES string of the molecule is CC(=O)N1CCC(NC(=O)c2cc(C3CC3)nn2-c2ccccc2)CC1. The molecule has 1 saturated carbocycles. The first-order chi connectivity index (χ1) is 12.6. The summed E-state index contributed by atoms with van der Waals surface area (Å²) in [5.41, 5.74) is 2.49. The predicted molar refractivity (Wildman–Crippen MR) is 98.3 cm³/mol. The van der Waals surface area contributed by atoms with Crippen LogP contribution >= 0.6 is 0 Å². The maximum Gasteiger partial charge on any atom is 0.270 e. The van der Waals surface area contributed by atoms with Crippen molar-refractivity contribution in [2.24, 2.45) is 0 Å². The van der Waals surface area contributed by atoms with Gasteiger partial charge in [-0.25, -0.2) is 4.68 Å². The van der Waals surface area contributed by atoms with Crippen LogP contribution in [0.4, 0.5) is 0 Å². The monoisotopic (exact) mass is 352 g/mol. The van der Waals surface area contributed by atoms with Crippen LogP contribution in [-0.4, -0.2) is 45.6 Å². The molecule has 1 aliphatic heterocycles. The van der Waals surface area contributed by atoms with Gasteiger partial charge in [0, 0.05) is 32.0 Å². The van der Waals surface area contributed by atoms with E-state index in [4.69, 9.17) is 5.10 Å². The molecule has 0 unspecified atom stereocenters. The highest BCUT2D eigenvalue weighted by Crippen LogP contribution is 2.39. The van der Waals surface area contributed by atoms with Gasteiger partial charge in [0.1, 0.15) is 5.69 Å². The first-order valence-corrected chi connectivity index (χ1v) is 9.33. The molecule has 2 amide bonds. The van der Waals surface area contributed by atoms with E-state index >= 15 is 0 Å². The molecule has 0 bridgehead atoms. The summed E-state index contributed by atoms with van der Waals surface area (Å²) in [5, 5.41) is 7.83. The lowest BCUT2D eigenvalue weighted by atomic mass is 10.0. The van der Waals surface area contributed by atoms with Gasteiger partial charge in [-0.2, -0.15) is 5.10 Å². The molecule has 0 atom stereocenters. The van der Waals surface area contributed by atoms with Crippen molar-refractivity contribution in [3.8, 4) is 5.69 Å². The van der Waals surface area contributed by atoms with Gasteiger partial charge in [-0.15, -0.1) is 0 Å². The second-order valence-electron chi connectivity index (χ2n) is 7.23. The average Bonchev–Trinajstić information content (AvgIpc) is 3.41. The minimum Gasteiger partial charge on any atom is -0.348 e. The largest absolute Gasteiger partial charge is 0.348 e. The Labute approximate surface area is 153 Å². The lowest BCUT2D eigenvalue weighted by Crippen LogP contribution is -2.46. The molecule has 6 nitrogen and oxygen atoms in total. The number of carbonyl (C=O) groups excluding carboxylic acids is 2. The molecule has 1 aliphatic carbocycles. The fourth-order valence-corrected chi connectivity index (χ4v) is 3.50. The summed E-state index contributed by atoms with van der Waals surface area (Å²) >= 11 is 0. The standard InChI is InChI=1S/C20H24N4O2/c1-14(25)23-11-9-16(10-12-23)21-20(26)19-13-18(15-7-8-15)22-24(19)17-5-3-2-4-6-17/h2-6,13,15-16H,7-12H2,1H3,(H,21,26). The normalized spacial score (nSPS) is 18.0. The molecule has 0 radical (unpaired) electrons. The molecule has 4 rings (SSSR count). The van der Waals surface area contributed by atoms with Crippen molar-refractivity contribution in [3.05, 3.63) is 47.8 Å². The number of para-hydroxylation sites is 1. The Morgan fingerprint density at radius 2 is 1.77 bits per heavy atom. The Kier molecular flexibility index (Phi) is 4.49. The van der Waals surface area contributed by atoms with Crippen LogP contribution in [0.25, 0.3) is 5.69 Å². The van der Waals surface area contributed by atoms with E-state index in [-0.39, 0.29) is 17.9 Å². The molecule has 0 spiro atoms. The number of hydrogen-bond acceptors (Lipinski definition) is 3. The van der Waals surface area contributed by atoms with Crippen LogP contribution in [0.1, 0.15) is 54.7 Å². The number of nitrogens with one attached hydrogen (secondary N) is 1. The van der Waals surface area contributed by atoms with Crippen molar-refractivity contribution >= 4 is 11.8 Å². The summed E-state index contributed by atoms with van der Waals surface area (Å²) in [6.07, 6.45) is 3.88. The third-order valence-electron chi connectivity index (χ3n) is 5.23. The Morgan fingerprint density at radius 1 is 1.08 bits per heavy atom. The summed E-state index contributed by atoms with van der Waals surface area (Å²) in [6.45, 7) is 2.99. The molecular weight excluding hydrogens is 328 g/mol. The van der Waals surface area contributed by atoms with Gasteiger partial charge < -0.3 is 10.2 Å².